The Balaban J connectivity index is 2.02. The van der Waals surface area contributed by atoms with Crippen molar-refractivity contribution in [2.45, 2.75) is 13.8 Å². The van der Waals surface area contributed by atoms with Gasteiger partial charge in [-0.2, -0.15) is 4.73 Å². The molecule has 0 aliphatic rings. The lowest BCUT2D eigenvalue weighted by Gasteiger charge is -2.05. The molecular formula is C15H16N2O4. The first-order valence-corrected chi connectivity index (χ1v) is 6.42. The molecule has 0 unspecified atom stereocenters. The molecule has 21 heavy (non-hydrogen) atoms. The summed E-state index contributed by atoms with van der Waals surface area (Å²) in [6.45, 7) is 3.42. The number of hydrogen-bond acceptors (Lipinski definition) is 4. The Hall–Kier alpha value is -2.63. The Morgan fingerprint density at radius 1 is 1.29 bits per heavy atom. The van der Waals surface area contributed by atoms with E-state index in [2.05, 4.69) is 0 Å². The van der Waals surface area contributed by atoms with Gasteiger partial charge in [-0.25, -0.2) is 4.79 Å². The van der Waals surface area contributed by atoms with E-state index in [-0.39, 0.29) is 18.0 Å². The van der Waals surface area contributed by atoms with E-state index in [0.717, 1.165) is 11.4 Å². The summed E-state index contributed by atoms with van der Waals surface area (Å²) in [6, 6.07) is 4.46. The molecule has 6 heteroatoms. The number of esters is 1. The molecule has 0 atom stereocenters. The van der Waals surface area contributed by atoms with E-state index >= 15 is 0 Å². The van der Waals surface area contributed by atoms with Crippen LogP contribution in [0.4, 0.5) is 0 Å². The van der Waals surface area contributed by atoms with Gasteiger partial charge in [0.25, 0.3) is 0 Å². The Bertz CT molecular complexity index is 686. The molecule has 0 aliphatic heterocycles. The van der Waals surface area contributed by atoms with Gasteiger partial charge in [-0.3, -0.25) is 4.79 Å². The van der Waals surface area contributed by atoms with E-state index in [1.807, 2.05) is 25.5 Å². The Morgan fingerprint density at radius 3 is 2.43 bits per heavy atom. The summed E-state index contributed by atoms with van der Waals surface area (Å²) in [5.74, 6) is -0.881. The summed E-state index contributed by atoms with van der Waals surface area (Å²) in [4.78, 5) is 23.8. The molecular weight excluding hydrogens is 272 g/mol. The first kappa shape index (κ1) is 14.8. The fourth-order valence-electron chi connectivity index (χ4n) is 1.98. The van der Waals surface area contributed by atoms with Gasteiger partial charge in [0, 0.05) is 36.1 Å². The fraction of sp³-hybridized carbons (Fsp3) is 0.267. The first-order chi connectivity index (χ1) is 9.90. The first-order valence-electron chi connectivity index (χ1n) is 6.42. The molecule has 0 bridgehead atoms. The molecule has 110 valence electrons. The molecule has 0 aromatic carbocycles. The number of nitrogens with zero attached hydrogens (tertiary/aromatic N) is 2. The van der Waals surface area contributed by atoms with E-state index in [1.54, 1.807) is 6.07 Å². The summed E-state index contributed by atoms with van der Waals surface area (Å²) < 4.78 is 7.45. The van der Waals surface area contributed by atoms with Crippen LogP contribution < -0.4 is 4.73 Å². The zero-order chi connectivity index (χ0) is 15.6. The van der Waals surface area contributed by atoms with Crippen molar-refractivity contribution in [1.29, 1.82) is 0 Å². The zero-order valence-corrected chi connectivity index (χ0v) is 12.1. The van der Waals surface area contributed by atoms with E-state index in [1.165, 1.54) is 24.5 Å². The Kier molecular flexibility index (Phi) is 4.07. The molecule has 2 aromatic heterocycles. The van der Waals surface area contributed by atoms with Gasteiger partial charge in [0.15, 0.2) is 19.0 Å². The number of pyridine rings is 1. The second-order valence-corrected chi connectivity index (χ2v) is 4.79. The lowest BCUT2D eigenvalue weighted by Crippen LogP contribution is -2.24. The highest BCUT2D eigenvalue weighted by atomic mass is 16.5. The van der Waals surface area contributed by atoms with Gasteiger partial charge >= 0.3 is 5.97 Å². The van der Waals surface area contributed by atoms with Crippen LogP contribution in [0.5, 0.6) is 0 Å². The third-order valence-corrected chi connectivity index (χ3v) is 3.45. The van der Waals surface area contributed by atoms with Gasteiger partial charge in [-0.15, -0.1) is 0 Å². The molecule has 0 spiro atoms. The molecule has 2 heterocycles. The lowest BCUT2D eigenvalue weighted by molar-refractivity contribution is -0.605. The second kappa shape index (κ2) is 5.78. The molecule has 0 radical (unpaired) electrons. The Morgan fingerprint density at radius 2 is 1.90 bits per heavy atom. The van der Waals surface area contributed by atoms with Crippen LogP contribution in [0.1, 0.15) is 32.1 Å². The van der Waals surface area contributed by atoms with Crippen molar-refractivity contribution in [2.24, 2.45) is 7.05 Å². The van der Waals surface area contributed by atoms with Crippen molar-refractivity contribution in [3.05, 3.63) is 58.3 Å². The van der Waals surface area contributed by atoms with Gasteiger partial charge in [0.05, 0.1) is 5.56 Å². The van der Waals surface area contributed by atoms with E-state index in [0.29, 0.717) is 10.3 Å². The smallest absolute Gasteiger partial charge is 0.339 e. The summed E-state index contributed by atoms with van der Waals surface area (Å²) >= 11 is 0. The van der Waals surface area contributed by atoms with Crippen LogP contribution in [0.15, 0.2) is 30.6 Å². The predicted molar refractivity (Wildman–Crippen MR) is 74.9 cm³/mol. The van der Waals surface area contributed by atoms with Crippen molar-refractivity contribution in [3.63, 3.8) is 0 Å². The minimum absolute atomic E-state index is 0.232. The van der Waals surface area contributed by atoms with Gasteiger partial charge < -0.3 is 14.5 Å². The number of hydrogen-bond donors (Lipinski definition) is 0. The number of aryl methyl sites for hydroxylation is 1. The van der Waals surface area contributed by atoms with Gasteiger partial charge in [-0.05, 0) is 19.9 Å². The quantitative estimate of drug-likeness (QED) is 0.368. The Labute approximate surface area is 122 Å². The maximum atomic E-state index is 12.1. The van der Waals surface area contributed by atoms with Crippen LogP contribution in [0.2, 0.25) is 0 Å². The summed E-state index contributed by atoms with van der Waals surface area (Å²) in [6.07, 6.45) is 2.40. The lowest BCUT2D eigenvalue weighted by atomic mass is 10.1. The van der Waals surface area contributed by atoms with Crippen LogP contribution in [-0.4, -0.2) is 22.9 Å². The predicted octanol–water partition coefficient (Wildman–Crippen LogP) is 1.32. The van der Waals surface area contributed by atoms with Gasteiger partial charge in [0.2, 0.25) is 5.78 Å². The molecule has 0 fully saturated rings. The van der Waals surface area contributed by atoms with Crippen molar-refractivity contribution in [3.8, 4) is 0 Å². The molecule has 2 aromatic rings. The highest BCUT2D eigenvalue weighted by molar-refractivity contribution is 6.00. The highest BCUT2D eigenvalue weighted by Crippen LogP contribution is 2.14. The van der Waals surface area contributed by atoms with Crippen LogP contribution >= 0.6 is 0 Å². The number of aromatic nitrogens is 2. The number of carbonyl (C=O) groups excluding carboxylic acids is 2. The molecule has 0 aliphatic carbocycles. The fourth-order valence-corrected chi connectivity index (χ4v) is 1.98. The van der Waals surface area contributed by atoms with Crippen LogP contribution in [0.25, 0.3) is 0 Å². The molecule has 0 saturated heterocycles. The maximum absolute atomic E-state index is 12.1. The van der Waals surface area contributed by atoms with E-state index < -0.39 is 5.97 Å². The molecule has 2 rings (SSSR count). The van der Waals surface area contributed by atoms with Crippen LogP contribution in [-0.2, 0) is 11.8 Å². The van der Waals surface area contributed by atoms with Crippen LogP contribution in [0, 0.1) is 19.1 Å². The van der Waals surface area contributed by atoms with Crippen molar-refractivity contribution < 1.29 is 19.1 Å². The number of ether oxygens (including phenoxy) is 1. The van der Waals surface area contributed by atoms with Gasteiger partial charge in [-0.1, -0.05) is 0 Å². The molecule has 0 N–H and O–H groups in total. The standard InChI is InChI=1S/C15H16N2O4/c1-10-8-13(11(2)16(10)3)14(18)9-21-15(19)12-4-6-17(20)7-5-12/h4-8H,9H2,1-3H3. The number of Topliss-reactive ketones (excluding diaryl/α,β-unsaturated/α-hetero) is 1. The highest BCUT2D eigenvalue weighted by Gasteiger charge is 2.16. The van der Waals surface area contributed by atoms with Crippen molar-refractivity contribution in [1.82, 2.24) is 4.57 Å². The number of carbonyl (C=O) groups is 2. The average Bonchev–Trinajstić information content (AvgIpc) is 2.73. The second-order valence-electron chi connectivity index (χ2n) is 4.79. The van der Waals surface area contributed by atoms with E-state index in [9.17, 15) is 14.8 Å². The van der Waals surface area contributed by atoms with Crippen molar-refractivity contribution >= 4 is 11.8 Å². The molecule has 0 amide bonds. The zero-order valence-electron chi connectivity index (χ0n) is 12.1. The SMILES string of the molecule is Cc1cc(C(=O)COC(=O)c2cc[n+]([O-])cc2)c(C)n1C. The molecule has 0 saturated carbocycles. The minimum Gasteiger partial charge on any atom is -0.619 e. The summed E-state index contributed by atoms with van der Waals surface area (Å²) in [5, 5.41) is 10.9. The third kappa shape index (κ3) is 3.10. The molecule has 6 nitrogen and oxygen atoms in total. The monoisotopic (exact) mass is 288 g/mol. The minimum atomic E-state index is -0.630. The third-order valence-electron chi connectivity index (χ3n) is 3.45. The van der Waals surface area contributed by atoms with Crippen molar-refractivity contribution in [2.75, 3.05) is 6.61 Å². The number of rotatable bonds is 4. The average molecular weight is 288 g/mol. The van der Waals surface area contributed by atoms with Gasteiger partial charge in [0.1, 0.15) is 0 Å². The van der Waals surface area contributed by atoms with Crippen LogP contribution in [0.3, 0.4) is 0 Å². The maximum Gasteiger partial charge on any atom is 0.339 e. The topological polar surface area (TPSA) is 75.2 Å². The summed E-state index contributed by atoms with van der Waals surface area (Å²) in [5.41, 5.74) is 2.58. The largest absolute Gasteiger partial charge is 0.619 e. The van der Waals surface area contributed by atoms with E-state index in [4.69, 9.17) is 4.74 Å². The summed E-state index contributed by atoms with van der Waals surface area (Å²) in [7, 11) is 1.87. The normalized spacial score (nSPS) is 10.4. The number of ketones is 1.